The van der Waals surface area contributed by atoms with Gasteiger partial charge in [0, 0.05) is 12.8 Å². The van der Waals surface area contributed by atoms with Crippen molar-refractivity contribution in [1.29, 1.82) is 0 Å². The molecule has 12 heteroatoms. The number of rotatable bonds is 39. The molecule has 0 heterocycles. The summed E-state index contributed by atoms with van der Waals surface area (Å²) >= 11 is 0. The highest BCUT2D eigenvalue weighted by molar-refractivity contribution is 7.47. The number of unbranched alkanes of at least 4 members (excludes halogenated alkanes) is 23. The van der Waals surface area contributed by atoms with Crippen LogP contribution in [0.2, 0.25) is 0 Å². The van der Waals surface area contributed by atoms with Gasteiger partial charge in [0.25, 0.3) is 0 Å². The Morgan fingerprint density at radius 1 is 0.596 bits per heavy atom. The SMILES string of the molecule is CCCCCCCC/C=C\CCCCCCCC(=O)OC(COC(=O)CCCCCCCCCCCCCCC)COP(=O)(O)OC[C@H](N)C(=O)[O-]. The molecule has 11 nitrogen and oxygen atoms in total. The molecule has 0 aromatic rings. The third-order valence-corrected chi connectivity index (χ3v) is 9.95. The molecule has 0 aliphatic heterocycles. The monoisotopic (exact) mass is 761 g/mol. The number of carbonyl (C=O) groups is 3. The molecule has 306 valence electrons. The van der Waals surface area contributed by atoms with Gasteiger partial charge in [-0.3, -0.25) is 18.6 Å². The van der Waals surface area contributed by atoms with Gasteiger partial charge in [-0.15, -0.1) is 0 Å². The lowest BCUT2D eigenvalue weighted by molar-refractivity contribution is -0.308. The maximum Gasteiger partial charge on any atom is 0.472 e. The van der Waals surface area contributed by atoms with Crippen LogP contribution >= 0.6 is 7.82 Å². The van der Waals surface area contributed by atoms with Crippen molar-refractivity contribution in [2.75, 3.05) is 19.8 Å². The Hall–Kier alpha value is -1.78. The minimum absolute atomic E-state index is 0.148. The molecule has 3 atom stereocenters. The van der Waals surface area contributed by atoms with E-state index in [0.717, 1.165) is 57.8 Å². The van der Waals surface area contributed by atoms with Crippen molar-refractivity contribution in [2.45, 2.75) is 206 Å². The molecule has 0 fully saturated rings. The second-order valence-corrected chi connectivity index (χ2v) is 15.6. The van der Waals surface area contributed by atoms with E-state index in [0.29, 0.717) is 12.8 Å². The van der Waals surface area contributed by atoms with Gasteiger partial charge < -0.3 is 30.0 Å². The fourth-order valence-corrected chi connectivity index (χ4v) is 6.48. The van der Waals surface area contributed by atoms with Crippen LogP contribution in [0.1, 0.15) is 194 Å². The molecule has 0 aromatic carbocycles. The number of phosphoric ester groups is 1. The second-order valence-electron chi connectivity index (χ2n) is 14.1. The van der Waals surface area contributed by atoms with E-state index in [-0.39, 0.29) is 19.4 Å². The van der Waals surface area contributed by atoms with E-state index in [1.807, 2.05) is 0 Å². The van der Waals surface area contributed by atoms with Crippen molar-refractivity contribution in [1.82, 2.24) is 0 Å². The van der Waals surface area contributed by atoms with Crippen molar-refractivity contribution in [3.05, 3.63) is 12.2 Å². The van der Waals surface area contributed by atoms with E-state index in [2.05, 4.69) is 30.5 Å². The third-order valence-electron chi connectivity index (χ3n) is 9.00. The fourth-order valence-electron chi connectivity index (χ4n) is 5.70. The zero-order valence-electron chi connectivity index (χ0n) is 32.9. The number of nitrogens with two attached hydrogens (primary N) is 1. The van der Waals surface area contributed by atoms with Gasteiger partial charge in [0.2, 0.25) is 0 Å². The first-order valence-electron chi connectivity index (χ1n) is 20.7. The standard InChI is InChI=1S/C40H76NO10P/c1-3-5-7-9-11-13-15-17-18-20-22-24-26-28-30-32-39(43)51-36(34-49-52(46,47)50-35-37(41)40(44)45)33-48-38(42)31-29-27-25-23-21-19-16-14-12-10-8-6-4-2/h17-18,36-37H,3-16,19-35,41H2,1-2H3,(H,44,45)(H,46,47)/p-1/b18-17-/t36?,37-/m0/s1. The molecule has 2 unspecified atom stereocenters. The van der Waals surface area contributed by atoms with E-state index in [9.17, 15) is 28.9 Å². The number of phosphoric acid groups is 1. The smallest absolute Gasteiger partial charge is 0.472 e. The summed E-state index contributed by atoms with van der Waals surface area (Å²) in [4.78, 5) is 45.7. The van der Waals surface area contributed by atoms with Gasteiger partial charge in [-0.2, -0.15) is 0 Å². The number of aliphatic carboxylic acids is 1. The van der Waals surface area contributed by atoms with Gasteiger partial charge in [-0.1, -0.05) is 154 Å². The van der Waals surface area contributed by atoms with Crippen LogP contribution in [-0.4, -0.2) is 54.8 Å². The molecule has 0 saturated carbocycles. The lowest BCUT2D eigenvalue weighted by Gasteiger charge is -2.21. The summed E-state index contributed by atoms with van der Waals surface area (Å²) in [5.41, 5.74) is 5.26. The van der Waals surface area contributed by atoms with Gasteiger partial charge in [0.1, 0.15) is 6.61 Å². The topological polar surface area (TPSA) is 175 Å². The number of allylic oxidation sites excluding steroid dienone is 2. The van der Waals surface area contributed by atoms with E-state index in [1.54, 1.807) is 0 Å². The maximum atomic E-state index is 12.6. The van der Waals surface area contributed by atoms with Crippen molar-refractivity contribution >= 4 is 25.7 Å². The molecule has 0 radical (unpaired) electrons. The van der Waals surface area contributed by atoms with Crippen molar-refractivity contribution < 1.29 is 47.5 Å². The van der Waals surface area contributed by atoms with Crippen LogP contribution < -0.4 is 10.8 Å². The normalized spacial score (nSPS) is 13.9. The molecule has 0 spiro atoms. The number of carboxylic acids is 1. The summed E-state index contributed by atoms with van der Waals surface area (Å²) in [6.07, 6.45) is 34.0. The number of esters is 2. The van der Waals surface area contributed by atoms with E-state index in [1.165, 1.54) is 96.3 Å². The average Bonchev–Trinajstić information content (AvgIpc) is 3.12. The predicted octanol–water partition coefficient (Wildman–Crippen LogP) is 9.17. The zero-order chi connectivity index (χ0) is 38.5. The van der Waals surface area contributed by atoms with Gasteiger partial charge in [0.15, 0.2) is 6.10 Å². The molecule has 0 aliphatic carbocycles. The summed E-state index contributed by atoms with van der Waals surface area (Å²) in [7, 11) is -4.74. The molecule has 0 aromatic heterocycles. The van der Waals surface area contributed by atoms with Crippen LogP contribution in [0, 0.1) is 0 Å². The van der Waals surface area contributed by atoms with Gasteiger partial charge in [0.05, 0.1) is 25.2 Å². The molecule has 0 amide bonds. The Morgan fingerprint density at radius 3 is 1.42 bits per heavy atom. The molecule has 52 heavy (non-hydrogen) atoms. The highest BCUT2D eigenvalue weighted by Crippen LogP contribution is 2.43. The molecule has 0 saturated heterocycles. The highest BCUT2D eigenvalue weighted by Gasteiger charge is 2.27. The largest absolute Gasteiger partial charge is 0.548 e. The molecule has 0 aliphatic rings. The first-order chi connectivity index (χ1) is 25.1. The second kappa shape index (κ2) is 36.2. The number of carbonyl (C=O) groups excluding carboxylic acids is 3. The van der Waals surface area contributed by atoms with Crippen molar-refractivity contribution in [3.8, 4) is 0 Å². The Kier molecular flexibility index (Phi) is 35.0. The Bertz CT molecular complexity index is 947. The van der Waals surface area contributed by atoms with E-state index < -0.39 is 51.1 Å². The highest BCUT2D eigenvalue weighted by atomic mass is 31.2. The Balaban J connectivity index is 4.39. The molecular weight excluding hydrogens is 685 g/mol. The molecule has 0 rings (SSSR count). The molecule has 0 bridgehead atoms. The summed E-state index contributed by atoms with van der Waals surface area (Å²) in [6.45, 7) is 2.70. The van der Waals surface area contributed by atoms with Crippen LogP contribution in [0.3, 0.4) is 0 Å². The van der Waals surface area contributed by atoms with Crippen LogP contribution in [-0.2, 0) is 37.5 Å². The first-order valence-corrected chi connectivity index (χ1v) is 22.2. The number of ether oxygens (including phenoxy) is 2. The van der Waals surface area contributed by atoms with Gasteiger partial charge in [-0.25, -0.2) is 4.57 Å². The van der Waals surface area contributed by atoms with E-state index >= 15 is 0 Å². The average molecular weight is 761 g/mol. The lowest BCUT2D eigenvalue weighted by atomic mass is 10.0. The first kappa shape index (κ1) is 50.2. The van der Waals surface area contributed by atoms with Gasteiger partial charge in [-0.05, 0) is 38.5 Å². The number of carboxylic acid groups (broad SMARTS) is 1. The van der Waals surface area contributed by atoms with Crippen molar-refractivity contribution in [3.63, 3.8) is 0 Å². The summed E-state index contributed by atoms with van der Waals surface area (Å²) in [6, 6.07) is -1.63. The quantitative estimate of drug-likeness (QED) is 0.0265. The predicted molar refractivity (Wildman–Crippen MR) is 205 cm³/mol. The van der Waals surface area contributed by atoms with E-state index in [4.69, 9.17) is 19.7 Å². The Labute approximate surface area is 316 Å². The van der Waals surface area contributed by atoms with Crippen LogP contribution in [0.25, 0.3) is 0 Å². The number of hydrogen-bond donors (Lipinski definition) is 2. The van der Waals surface area contributed by atoms with Gasteiger partial charge >= 0.3 is 19.8 Å². The minimum atomic E-state index is -4.74. The summed E-state index contributed by atoms with van der Waals surface area (Å²) < 4.78 is 32.5. The summed E-state index contributed by atoms with van der Waals surface area (Å²) in [5.74, 6) is -2.64. The molecular formula is C40H75NO10P-. The van der Waals surface area contributed by atoms with Crippen LogP contribution in [0.15, 0.2) is 12.2 Å². The van der Waals surface area contributed by atoms with Crippen LogP contribution in [0.5, 0.6) is 0 Å². The zero-order valence-corrected chi connectivity index (χ0v) is 33.8. The fraction of sp³-hybridized carbons (Fsp3) is 0.875. The minimum Gasteiger partial charge on any atom is -0.548 e. The molecule has 3 N–H and O–H groups in total. The number of hydrogen-bond acceptors (Lipinski definition) is 10. The van der Waals surface area contributed by atoms with Crippen LogP contribution in [0.4, 0.5) is 0 Å². The third kappa shape index (κ3) is 35.3. The lowest BCUT2D eigenvalue weighted by Crippen LogP contribution is -2.44. The van der Waals surface area contributed by atoms with Crippen molar-refractivity contribution in [2.24, 2.45) is 5.73 Å². The maximum absolute atomic E-state index is 12.6. The Morgan fingerprint density at radius 2 is 0.981 bits per heavy atom. The summed E-state index contributed by atoms with van der Waals surface area (Å²) in [5, 5.41) is 10.8.